The number of fused-ring (bicyclic) bond motifs is 1. The minimum absolute atomic E-state index is 0.0428. The molecule has 0 saturated carbocycles. The van der Waals surface area contributed by atoms with Gasteiger partial charge in [-0.15, -0.1) is 0 Å². The summed E-state index contributed by atoms with van der Waals surface area (Å²) in [7, 11) is 0. The molecular weight excluding hydrogens is 228 g/mol. The molecule has 0 aliphatic carbocycles. The third kappa shape index (κ3) is 1.95. The van der Waals surface area contributed by atoms with Crippen molar-refractivity contribution in [2.24, 2.45) is 0 Å². The molecule has 0 spiro atoms. The van der Waals surface area contributed by atoms with E-state index >= 15 is 0 Å². The number of amides is 1. The van der Waals surface area contributed by atoms with E-state index in [1.54, 1.807) is 0 Å². The zero-order chi connectivity index (χ0) is 11.7. The van der Waals surface area contributed by atoms with Crippen LogP contribution in [-0.2, 0) is 4.79 Å². The Morgan fingerprint density at radius 1 is 1.69 bits per heavy atom. The maximum atomic E-state index is 11.5. The third-order valence-corrected chi connectivity index (χ3v) is 2.90. The highest BCUT2D eigenvalue weighted by Gasteiger charge is 2.26. The summed E-state index contributed by atoms with van der Waals surface area (Å²) < 4.78 is 0. The molecule has 0 aromatic carbocycles. The molecule has 0 radical (unpaired) electrons. The number of hydrogen-bond donors (Lipinski definition) is 1. The van der Waals surface area contributed by atoms with Crippen LogP contribution in [0.2, 0.25) is 5.28 Å². The average molecular weight is 241 g/mol. The predicted octanol–water partition coefficient (Wildman–Crippen LogP) is 1.69. The van der Waals surface area contributed by atoms with Crippen LogP contribution in [0, 0.1) is 0 Å². The molecule has 0 bridgehead atoms. The van der Waals surface area contributed by atoms with E-state index in [0.29, 0.717) is 18.1 Å². The van der Waals surface area contributed by atoms with Gasteiger partial charge >= 0.3 is 0 Å². The Kier molecular flexibility index (Phi) is 2.96. The van der Waals surface area contributed by atoms with Crippen LogP contribution < -0.4 is 10.2 Å². The van der Waals surface area contributed by atoms with Crippen LogP contribution in [0.1, 0.15) is 20.3 Å². The Hall–Kier alpha value is -1.36. The van der Waals surface area contributed by atoms with Crippen molar-refractivity contribution in [1.82, 2.24) is 9.97 Å². The van der Waals surface area contributed by atoms with Gasteiger partial charge in [-0.2, -0.15) is 4.98 Å². The van der Waals surface area contributed by atoms with Crippen LogP contribution in [0.4, 0.5) is 11.5 Å². The van der Waals surface area contributed by atoms with Gasteiger partial charge in [-0.1, -0.05) is 6.92 Å². The first kappa shape index (κ1) is 11.1. The summed E-state index contributed by atoms with van der Waals surface area (Å²) in [5.41, 5.74) is 0.626. The second-order valence-corrected chi connectivity index (χ2v) is 4.15. The minimum atomic E-state index is -0.0428. The fraction of sp³-hybridized carbons (Fsp3) is 0.500. The molecule has 1 N–H and O–H groups in total. The molecule has 6 heteroatoms. The lowest BCUT2D eigenvalue weighted by Gasteiger charge is -2.33. The van der Waals surface area contributed by atoms with Gasteiger partial charge in [0.1, 0.15) is 5.69 Å². The summed E-state index contributed by atoms with van der Waals surface area (Å²) in [6.07, 6.45) is 2.48. The highest BCUT2D eigenvalue weighted by molar-refractivity contribution is 6.28. The zero-order valence-corrected chi connectivity index (χ0v) is 9.95. The van der Waals surface area contributed by atoms with Crippen molar-refractivity contribution in [1.29, 1.82) is 0 Å². The molecule has 1 aliphatic heterocycles. The molecule has 0 fully saturated rings. The number of aromatic nitrogens is 2. The Bertz CT molecular complexity index is 423. The van der Waals surface area contributed by atoms with Gasteiger partial charge in [0.2, 0.25) is 11.2 Å². The molecule has 1 atom stereocenters. The average Bonchev–Trinajstić information content (AvgIpc) is 2.27. The van der Waals surface area contributed by atoms with Crippen LogP contribution in [0.3, 0.4) is 0 Å². The largest absolute Gasteiger partial charge is 0.343 e. The van der Waals surface area contributed by atoms with E-state index in [9.17, 15) is 4.79 Å². The van der Waals surface area contributed by atoms with E-state index in [4.69, 9.17) is 11.6 Å². The molecule has 86 valence electrons. The lowest BCUT2D eigenvalue weighted by Crippen LogP contribution is -2.43. The Morgan fingerprint density at radius 2 is 2.44 bits per heavy atom. The van der Waals surface area contributed by atoms with E-state index < -0.39 is 0 Å². The minimum Gasteiger partial charge on any atom is -0.343 e. The normalized spacial score (nSPS) is 16.7. The van der Waals surface area contributed by atoms with Crippen molar-refractivity contribution in [2.45, 2.75) is 26.3 Å². The second kappa shape index (κ2) is 4.25. The van der Waals surface area contributed by atoms with Gasteiger partial charge in [0.05, 0.1) is 12.7 Å². The highest BCUT2D eigenvalue weighted by Crippen LogP contribution is 2.29. The molecular formula is C10H13ClN4O. The standard InChI is InChI=1S/C10H13ClN4O/c1-3-6(2)15-5-8(16)13-7-4-12-10(11)14-9(7)15/h4,6H,3,5H2,1-2H3,(H,13,16). The highest BCUT2D eigenvalue weighted by atomic mass is 35.5. The van der Waals surface area contributed by atoms with E-state index in [1.165, 1.54) is 6.20 Å². The van der Waals surface area contributed by atoms with E-state index in [1.807, 2.05) is 4.90 Å². The number of nitrogens with one attached hydrogen (secondary N) is 1. The maximum absolute atomic E-state index is 11.5. The van der Waals surface area contributed by atoms with Crippen molar-refractivity contribution in [3.05, 3.63) is 11.5 Å². The molecule has 16 heavy (non-hydrogen) atoms. The van der Waals surface area contributed by atoms with Crippen LogP contribution >= 0.6 is 11.6 Å². The summed E-state index contributed by atoms with van der Waals surface area (Å²) >= 11 is 5.76. The number of nitrogens with zero attached hydrogens (tertiary/aromatic N) is 3. The lowest BCUT2D eigenvalue weighted by molar-refractivity contribution is -0.115. The number of carbonyl (C=O) groups is 1. The van der Waals surface area contributed by atoms with E-state index in [0.717, 1.165) is 6.42 Å². The van der Waals surface area contributed by atoms with Gasteiger partial charge in [0.15, 0.2) is 5.82 Å². The van der Waals surface area contributed by atoms with Crippen LogP contribution in [-0.4, -0.2) is 28.5 Å². The van der Waals surface area contributed by atoms with Crippen molar-refractivity contribution >= 4 is 29.0 Å². The first-order chi connectivity index (χ1) is 7.61. The number of hydrogen-bond acceptors (Lipinski definition) is 4. The van der Waals surface area contributed by atoms with Gasteiger partial charge in [-0.05, 0) is 24.9 Å². The first-order valence-corrected chi connectivity index (χ1v) is 5.58. The van der Waals surface area contributed by atoms with Crippen LogP contribution in [0.15, 0.2) is 6.20 Å². The lowest BCUT2D eigenvalue weighted by atomic mass is 10.2. The molecule has 1 aliphatic rings. The Labute approximate surface area is 98.8 Å². The molecule has 2 rings (SSSR count). The number of rotatable bonds is 2. The molecule has 0 saturated heterocycles. The quantitative estimate of drug-likeness (QED) is 0.800. The van der Waals surface area contributed by atoms with E-state index in [2.05, 4.69) is 29.1 Å². The zero-order valence-electron chi connectivity index (χ0n) is 9.20. The monoisotopic (exact) mass is 240 g/mol. The Balaban J connectivity index is 2.43. The number of carbonyl (C=O) groups excluding carboxylic acids is 1. The molecule has 2 heterocycles. The topological polar surface area (TPSA) is 58.1 Å². The molecule has 5 nitrogen and oxygen atoms in total. The number of anilines is 2. The SMILES string of the molecule is CCC(C)N1CC(=O)Nc2cnc(Cl)nc21. The van der Waals surface area contributed by atoms with Crippen molar-refractivity contribution < 1.29 is 4.79 Å². The first-order valence-electron chi connectivity index (χ1n) is 5.21. The van der Waals surface area contributed by atoms with Gasteiger partial charge in [0, 0.05) is 6.04 Å². The van der Waals surface area contributed by atoms with Gasteiger partial charge in [0.25, 0.3) is 0 Å². The summed E-state index contributed by atoms with van der Waals surface area (Å²) in [6.45, 7) is 4.44. The fourth-order valence-electron chi connectivity index (χ4n) is 1.66. The predicted molar refractivity (Wildman–Crippen MR) is 62.8 cm³/mol. The number of halogens is 1. The fourth-order valence-corrected chi connectivity index (χ4v) is 1.79. The smallest absolute Gasteiger partial charge is 0.244 e. The van der Waals surface area contributed by atoms with Crippen LogP contribution in [0.25, 0.3) is 0 Å². The molecule has 1 aromatic rings. The van der Waals surface area contributed by atoms with Crippen molar-refractivity contribution in [3.63, 3.8) is 0 Å². The molecule has 1 amide bonds. The summed E-state index contributed by atoms with van der Waals surface area (Å²) in [5, 5.41) is 2.93. The third-order valence-electron chi connectivity index (χ3n) is 2.72. The molecule has 1 unspecified atom stereocenters. The molecule has 1 aromatic heterocycles. The van der Waals surface area contributed by atoms with E-state index in [-0.39, 0.29) is 17.2 Å². The van der Waals surface area contributed by atoms with Crippen LogP contribution in [0.5, 0.6) is 0 Å². The van der Waals surface area contributed by atoms with Gasteiger partial charge in [-0.25, -0.2) is 4.98 Å². The summed E-state index contributed by atoms with van der Waals surface area (Å²) in [5.74, 6) is 0.660. The Morgan fingerprint density at radius 3 is 3.12 bits per heavy atom. The maximum Gasteiger partial charge on any atom is 0.244 e. The van der Waals surface area contributed by atoms with Crippen molar-refractivity contribution in [3.8, 4) is 0 Å². The van der Waals surface area contributed by atoms with Crippen molar-refractivity contribution in [2.75, 3.05) is 16.8 Å². The summed E-state index contributed by atoms with van der Waals surface area (Å²) in [4.78, 5) is 21.5. The van der Waals surface area contributed by atoms with Gasteiger partial charge < -0.3 is 10.2 Å². The summed E-state index contributed by atoms with van der Waals surface area (Å²) in [6, 6.07) is 0.246. The second-order valence-electron chi connectivity index (χ2n) is 3.81. The van der Waals surface area contributed by atoms with Gasteiger partial charge in [-0.3, -0.25) is 4.79 Å².